The van der Waals surface area contributed by atoms with Gasteiger partial charge in [-0.25, -0.2) is 0 Å². The van der Waals surface area contributed by atoms with Crippen LogP contribution in [0, 0.1) is 11.3 Å². The Balaban J connectivity index is 2.01. The van der Waals surface area contributed by atoms with Crippen LogP contribution in [0.5, 0.6) is 0 Å². The van der Waals surface area contributed by atoms with Crippen molar-refractivity contribution < 1.29 is 13.0 Å². The number of hydrogen-bond donors (Lipinski definition) is 2. The second-order valence-electron chi connectivity index (χ2n) is 4.55. The van der Waals surface area contributed by atoms with Gasteiger partial charge in [0.25, 0.3) is 10.1 Å². The van der Waals surface area contributed by atoms with Crippen LogP contribution >= 0.6 is 0 Å². The number of nitrogens with one attached hydrogen (secondary N) is 1. The van der Waals surface area contributed by atoms with Crippen molar-refractivity contribution in [3.05, 3.63) is 48.5 Å². The average molecular weight is 330 g/mol. The zero-order valence-corrected chi connectivity index (χ0v) is 12.9. The number of azo groups is 1. The van der Waals surface area contributed by atoms with Gasteiger partial charge in [0.2, 0.25) is 0 Å². The molecule has 0 amide bonds. The van der Waals surface area contributed by atoms with E-state index in [4.69, 9.17) is 9.81 Å². The minimum absolute atomic E-state index is 0.191. The Bertz CT molecular complexity index is 823. The monoisotopic (exact) mass is 330 g/mol. The molecule has 118 valence electrons. The third kappa shape index (κ3) is 5.18. The minimum atomic E-state index is -4.20. The normalized spacial score (nSPS) is 11.3. The van der Waals surface area contributed by atoms with Crippen molar-refractivity contribution in [1.29, 1.82) is 5.26 Å². The van der Waals surface area contributed by atoms with E-state index in [-0.39, 0.29) is 4.90 Å². The number of benzene rings is 2. The van der Waals surface area contributed by atoms with Crippen LogP contribution in [-0.2, 0) is 10.1 Å². The molecule has 0 aromatic heterocycles. The molecule has 2 aromatic carbocycles. The SMILES string of the molecule is N#CCCNc1ccc(N=Nc2ccc(S(=O)(=O)O)cc2)cc1. The zero-order valence-electron chi connectivity index (χ0n) is 12.0. The van der Waals surface area contributed by atoms with E-state index >= 15 is 0 Å². The first kappa shape index (κ1) is 16.6. The third-order valence-electron chi connectivity index (χ3n) is 2.85. The standard InChI is InChI=1S/C15H14N4O3S/c16-10-1-11-17-12-2-4-13(5-3-12)18-19-14-6-8-15(9-7-14)23(20,21)22/h2-9,17H,1,11H2,(H,20,21,22). The predicted octanol–water partition coefficient (Wildman–Crippen LogP) is 3.67. The third-order valence-corrected chi connectivity index (χ3v) is 3.72. The van der Waals surface area contributed by atoms with Crippen LogP contribution in [0.25, 0.3) is 0 Å². The molecule has 0 radical (unpaired) electrons. The van der Waals surface area contributed by atoms with Crippen LogP contribution in [0.2, 0.25) is 0 Å². The molecule has 0 atom stereocenters. The molecular weight excluding hydrogens is 316 g/mol. The molecule has 7 nitrogen and oxygen atoms in total. The van der Waals surface area contributed by atoms with Gasteiger partial charge in [-0.15, -0.1) is 0 Å². The topological polar surface area (TPSA) is 115 Å². The largest absolute Gasteiger partial charge is 0.384 e. The molecule has 0 bridgehead atoms. The number of nitriles is 1. The molecule has 2 aromatic rings. The lowest BCUT2D eigenvalue weighted by Gasteiger charge is -2.03. The van der Waals surface area contributed by atoms with E-state index in [1.54, 1.807) is 12.1 Å². The van der Waals surface area contributed by atoms with Gasteiger partial charge in [-0.05, 0) is 48.5 Å². The van der Waals surface area contributed by atoms with Crippen molar-refractivity contribution in [2.24, 2.45) is 10.2 Å². The summed E-state index contributed by atoms with van der Waals surface area (Å²) >= 11 is 0. The van der Waals surface area contributed by atoms with Gasteiger partial charge in [0.15, 0.2) is 0 Å². The van der Waals surface area contributed by atoms with Gasteiger partial charge in [-0.1, -0.05) is 0 Å². The first-order valence-electron chi connectivity index (χ1n) is 6.69. The molecular formula is C15H14N4O3S. The van der Waals surface area contributed by atoms with Crippen LogP contribution < -0.4 is 5.32 Å². The van der Waals surface area contributed by atoms with Crippen molar-refractivity contribution >= 4 is 27.2 Å². The highest BCUT2D eigenvalue weighted by atomic mass is 32.2. The Morgan fingerprint density at radius 1 is 1.00 bits per heavy atom. The number of rotatable bonds is 6. The fraction of sp³-hybridized carbons (Fsp3) is 0.133. The van der Waals surface area contributed by atoms with E-state index in [0.29, 0.717) is 24.3 Å². The van der Waals surface area contributed by atoms with Gasteiger partial charge < -0.3 is 5.32 Å². The second-order valence-corrected chi connectivity index (χ2v) is 5.97. The molecule has 0 heterocycles. The molecule has 0 aliphatic heterocycles. The molecule has 0 spiro atoms. The fourth-order valence-corrected chi connectivity index (χ4v) is 2.19. The van der Waals surface area contributed by atoms with Crippen LogP contribution in [0.15, 0.2) is 63.7 Å². The summed E-state index contributed by atoms with van der Waals surface area (Å²) in [6.45, 7) is 0.581. The Morgan fingerprint density at radius 3 is 2.00 bits per heavy atom. The Kier molecular flexibility index (Phi) is 5.41. The Labute approximate surface area is 134 Å². The van der Waals surface area contributed by atoms with E-state index in [0.717, 1.165) is 5.69 Å². The lowest BCUT2D eigenvalue weighted by molar-refractivity contribution is 0.483. The zero-order chi connectivity index (χ0) is 16.7. The van der Waals surface area contributed by atoms with Gasteiger partial charge in [-0.3, -0.25) is 4.55 Å². The summed E-state index contributed by atoms with van der Waals surface area (Å²) in [6, 6.07) is 14.7. The van der Waals surface area contributed by atoms with Gasteiger partial charge in [0.05, 0.1) is 28.8 Å². The summed E-state index contributed by atoms with van der Waals surface area (Å²) in [5.41, 5.74) is 1.99. The summed E-state index contributed by atoms with van der Waals surface area (Å²) in [5, 5.41) is 19.6. The number of anilines is 1. The first-order valence-corrected chi connectivity index (χ1v) is 8.13. The minimum Gasteiger partial charge on any atom is -0.384 e. The first-order chi connectivity index (χ1) is 11.0. The average Bonchev–Trinajstić information content (AvgIpc) is 2.54. The summed E-state index contributed by atoms with van der Waals surface area (Å²) in [7, 11) is -4.20. The maximum absolute atomic E-state index is 10.9. The summed E-state index contributed by atoms with van der Waals surface area (Å²) in [5.74, 6) is 0. The summed E-state index contributed by atoms with van der Waals surface area (Å²) < 4.78 is 30.7. The maximum atomic E-state index is 10.9. The number of nitrogens with zero attached hydrogens (tertiary/aromatic N) is 3. The lowest BCUT2D eigenvalue weighted by Crippen LogP contribution is -1.99. The van der Waals surface area contributed by atoms with Crippen LogP contribution in [0.3, 0.4) is 0 Å². The van der Waals surface area contributed by atoms with Gasteiger partial charge in [0, 0.05) is 12.2 Å². The molecule has 0 saturated heterocycles. The summed E-state index contributed by atoms with van der Waals surface area (Å²) in [4.78, 5) is -0.191. The van der Waals surface area contributed by atoms with E-state index in [9.17, 15) is 8.42 Å². The van der Waals surface area contributed by atoms with Crippen molar-refractivity contribution in [1.82, 2.24) is 0 Å². The molecule has 23 heavy (non-hydrogen) atoms. The van der Waals surface area contributed by atoms with Gasteiger partial charge in [-0.2, -0.15) is 23.9 Å². The molecule has 0 aliphatic carbocycles. The van der Waals surface area contributed by atoms with Crippen molar-refractivity contribution in [2.75, 3.05) is 11.9 Å². The van der Waals surface area contributed by atoms with Gasteiger partial charge in [0.1, 0.15) is 0 Å². The van der Waals surface area contributed by atoms with E-state index < -0.39 is 10.1 Å². The maximum Gasteiger partial charge on any atom is 0.294 e. The molecule has 0 aliphatic rings. The molecule has 8 heteroatoms. The molecule has 0 unspecified atom stereocenters. The molecule has 2 rings (SSSR count). The number of hydrogen-bond acceptors (Lipinski definition) is 6. The highest BCUT2D eigenvalue weighted by Gasteiger charge is 2.07. The molecule has 2 N–H and O–H groups in total. The van der Waals surface area contributed by atoms with Crippen LogP contribution in [0.1, 0.15) is 6.42 Å². The Hall–Kier alpha value is -2.76. The van der Waals surface area contributed by atoms with E-state index in [1.807, 2.05) is 12.1 Å². The van der Waals surface area contributed by atoms with E-state index in [1.165, 1.54) is 24.3 Å². The van der Waals surface area contributed by atoms with E-state index in [2.05, 4.69) is 21.6 Å². The molecule has 0 saturated carbocycles. The van der Waals surface area contributed by atoms with Crippen LogP contribution in [-0.4, -0.2) is 19.5 Å². The van der Waals surface area contributed by atoms with Crippen molar-refractivity contribution in [2.45, 2.75) is 11.3 Å². The Morgan fingerprint density at radius 2 is 1.52 bits per heavy atom. The summed E-state index contributed by atoms with van der Waals surface area (Å²) in [6.07, 6.45) is 0.432. The smallest absolute Gasteiger partial charge is 0.294 e. The predicted molar refractivity (Wildman–Crippen MR) is 85.6 cm³/mol. The van der Waals surface area contributed by atoms with Crippen LogP contribution in [0.4, 0.5) is 17.1 Å². The van der Waals surface area contributed by atoms with Crippen molar-refractivity contribution in [3.8, 4) is 6.07 Å². The lowest BCUT2D eigenvalue weighted by atomic mass is 10.3. The second kappa shape index (κ2) is 7.49. The van der Waals surface area contributed by atoms with Gasteiger partial charge >= 0.3 is 0 Å². The highest BCUT2D eigenvalue weighted by Crippen LogP contribution is 2.21. The quantitative estimate of drug-likeness (QED) is 0.476. The highest BCUT2D eigenvalue weighted by molar-refractivity contribution is 7.85. The van der Waals surface area contributed by atoms with Crippen molar-refractivity contribution in [3.63, 3.8) is 0 Å². The molecule has 0 fully saturated rings. The fourth-order valence-electron chi connectivity index (χ4n) is 1.71.